The number of hydrogen-bond acceptors (Lipinski definition) is 1. The summed E-state index contributed by atoms with van der Waals surface area (Å²) in [5, 5.41) is 0. The maximum Gasteiger partial charge on any atom is 0.231 e. The van der Waals surface area contributed by atoms with Crippen LogP contribution in [0.1, 0.15) is 24.5 Å². The Labute approximate surface area is 83.5 Å². The number of carbonyl (C=O) groups excluding carboxylic acids is 1. The number of carbonyl (C=O) groups is 1. The Morgan fingerprint density at radius 3 is 3.00 bits per heavy atom. The number of aryl methyl sites for hydroxylation is 1. The SMILES string of the molecule is CC1CCc2cccc3c2N1C(=O)C3. The van der Waals surface area contributed by atoms with Gasteiger partial charge in [-0.3, -0.25) is 4.79 Å². The van der Waals surface area contributed by atoms with Gasteiger partial charge in [-0.05, 0) is 30.9 Å². The quantitative estimate of drug-likeness (QED) is 0.607. The van der Waals surface area contributed by atoms with Gasteiger partial charge in [0.15, 0.2) is 0 Å². The van der Waals surface area contributed by atoms with Crippen LogP contribution >= 0.6 is 0 Å². The average molecular weight is 187 g/mol. The second kappa shape index (κ2) is 2.59. The highest BCUT2D eigenvalue weighted by atomic mass is 16.2. The Bertz CT molecular complexity index is 411. The van der Waals surface area contributed by atoms with E-state index < -0.39 is 0 Å². The van der Waals surface area contributed by atoms with Gasteiger partial charge >= 0.3 is 0 Å². The average Bonchev–Trinajstić information content (AvgIpc) is 2.51. The minimum atomic E-state index is 0.277. The van der Waals surface area contributed by atoms with E-state index >= 15 is 0 Å². The van der Waals surface area contributed by atoms with Gasteiger partial charge in [-0.1, -0.05) is 18.2 Å². The summed E-state index contributed by atoms with van der Waals surface area (Å²) in [5.41, 5.74) is 3.79. The molecule has 2 aliphatic rings. The molecule has 2 aliphatic heterocycles. The van der Waals surface area contributed by atoms with Crippen molar-refractivity contribution in [1.82, 2.24) is 0 Å². The molecule has 2 nitrogen and oxygen atoms in total. The molecule has 0 fully saturated rings. The molecule has 2 heterocycles. The standard InChI is InChI=1S/C12H13NO/c1-8-5-6-9-3-2-4-10-7-11(14)13(8)12(9)10/h2-4,8H,5-7H2,1H3. The van der Waals surface area contributed by atoms with E-state index in [4.69, 9.17) is 0 Å². The normalized spacial score (nSPS) is 23.9. The van der Waals surface area contributed by atoms with E-state index in [1.807, 2.05) is 4.90 Å². The molecular formula is C12H13NO. The van der Waals surface area contributed by atoms with E-state index in [1.54, 1.807) is 0 Å². The second-order valence-corrected chi connectivity index (χ2v) is 4.25. The summed E-state index contributed by atoms with van der Waals surface area (Å²) >= 11 is 0. The Morgan fingerprint density at radius 1 is 1.36 bits per heavy atom. The Kier molecular flexibility index (Phi) is 1.49. The summed E-state index contributed by atoms with van der Waals surface area (Å²) in [6, 6.07) is 6.69. The van der Waals surface area contributed by atoms with Crippen molar-refractivity contribution >= 4 is 11.6 Å². The molecule has 1 unspecified atom stereocenters. The van der Waals surface area contributed by atoms with Crippen LogP contribution in [-0.2, 0) is 17.6 Å². The molecule has 3 rings (SSSR count). The van der Waals surface area contributed by atoms with Crippen molar-refractivity contribution in [3.63, 3.8) is 0 Å². The molecule has 0 aliphatic carbocycles. The van der Waals surface area contributed by atoms with Gasteiger partial charge in [-0.2, -0.15) is 0 Å². The van der Waals surface area contributed by atoms with Crippen molar-refractivity contribution in [1.29, 1.82) is 0 Å². The highest BCUT2D eigenvalue weighted by molar-refractivity contribution is 6.03. The van der Waals surface area contributed by atoms with Crippen LogP contribution in [0.2, 0.25) is 0 Å². The molecule has 0 aromatic heterocycles. The summed E-state index contributed by atoms with van der Waals surface area (Å²) in [6.45, 7) is 2.14. The molecule has 1 aromatic carbocycles. The number of para-hydroxylation sites is 1. The van der Waals surface area contributed by atoms with Crippen LogP contribution in [0.5, 0.6) is 0 Å². The molecule has 0 saturated heterocycles. The summed E-state index contributed by atoms with van der Waals surface area (Å²) in [4.78, 5) is 13.8. The van der Waals surface area contributed by atoms with Crippen LogP contribution in [-0.4, -0.2) is 11.9 Å². The topological polar surface area (TPSA) is 20.3 Å². The zero-order chi connectivity index (χ0) is 9.71. The number of amides is 1. The lowest BCUT2D eigenvalue weighted by Crippen LogP contribution is -2.39. The maximum absolute atomic E-state index is 11.8. The van der Waals surface area contributed by atoms with E-state index in [-0.39, 0.29) is 5.91 Å². The maximum atomic E-state index is 11.8. The third kappa shape index (κ3) is 0.884. The minimum Gasteiger partial charge on any atom is -0.309 e. The van der Waals surface area contributed by atoms with Crippen LogP contribution in [0.3, 0.4) is 0 Å². The number of nitrogens with zero attached hydrogens (tertiary/aromatic N) is 1. The molecule has 1 amide bonds. The predicted molar refractivity (Wildman–Crippen MR) is 55.4 cm³/mol. The fourth-order valence-electron chi connectivity index (χ4n) is 2.63. The van der Waals surface area contributed by atoms with Gasteiger partial charge in [0.05, 0.1) is 12.1 Å². The zero-order valence-electron chi connectivity index (χ0n) is 8.29. The lowest BCUT2D eigenvalue weighted by molar-refractivity contribution is -0.117. The summed E-state index contributed by atoms with van der Waals surface area (Å²) in [6.07, 6.45) is 2.82. The van der Waals surface area contributed by atoms with Crippen LogP contribution in [0, 0.1) is 0 Å². The van der Waals surface area contributed by atoms with E-state index in [1.165, 1.54) is 16.8 Å². The van der Waals surface area contributed by atoms with Crippen molar-refractivity contribution in [2.24, 2.45) is 0 Å². The van der Waals surface area contributed by atoms with Gasteiger partial charge in [-0.15, -0.1) is 0 Å². The van der Waals surface area contributed by atoms with Crippen molar-refractivity contribution < 1.29 is 4.79 Å². The van der Waals surface area contributed by atoms with Crippen LogP contribution in [0.4, 0.5) is 5.69 Å². The highest BCUT2D eigenvalue weighted by Gasteiger charge is 2.35. The molecule has 2 heteroatoms. The van der Waals surface area contributed by atoms with E-state index in [0.29, 0.717) is 12.5 Å². The van der Waals surface area contributed by atoms with E-state index in [9.17, 15) is 4.79 Å². The third-order valence-corrected chi connectivity index (χ3v) is 3.33. The molecule has 14 heavy (non-hydrogen) atoms. The van der Waals surface area contributed by atoms with Gasteiger partial charge in [0.25, 0.3) is 0 Å². The molecule has 0 spiro atoms. The molecule has 0 radical (unpaired) electrons. The smallest absolute Gasteiger partial charge is 0.231 e. The Morgan fingerprint density at radius 2 is 2.14 bits per heavy atom. The summed E-state index contributed by atoms with van der Waals surface area (Å²) in [5.74, 6) is 0.277. The van der Waals surface area contributed by atoms with Crippen LogP contribution in [0.25, 0.3) is 0 Å². The van der Waals surface area contributed by atoms with Crippen molar-refractivity contribution in [2.75, 3.05) is 4.90 Å². The molecule has 0 bridgehead atoms. The zero-order valence-corrected chi connectivity index (χ0v) is 8.29. The lowest BCUT2D eigenvalue weighted by atomic mass is 9.96. The van der Waals surface area contributed by atoms with Gasteiger partial charge in [-0.25, -0.2) is 0 Å². The Balaban J connectivity index is 2.24. The summed E-state index contributed by atoms with van der Waals surface area (Å²) in [7, 11) is 0. The molecule has 1 atom stereocenters. The molecule has 72 valence electrons. The van der Waals surface area contributed by atoms with Crippen LogP contribution < -0.4 is 4.90 Å². The fraction of sp³-hybridized carbons (Fsp3) is 0.417. The van der Waals surface area contributed by atoms with Gasteiger partial charge in [0, 0.05) is 6.04 Å². The molecule has 0 saturated carbocycles. The van der Waals surface area contributed by atoms with Crippen molar-refractivity contribution in [2.45, 2.75) is 32.2 Å². The molecular weight excluding hydrogens is 174 g/mol. The Hall–Kier alpha value is -1.31. The first-order valence-corrected chi connectivity index (χ1v) is 5.20. The van der Waals surface area contributed by atoms with Crippen LogP contribution in [0.15, 0.2) is 18.2 Å². The predicted octanol–water partition coefficient (Wildman–Crippen LogP) is 1.91. The number of benzene rings is 1. The fourth-order valence-corrected chi connectivity index (χ4v) is 2.63. The number of hydrogen-bond donors (Lipinski definition) is 0. The van der Waals surface area contributed by atoms with Gasteiger partial charge < -0.3 is 4.90 Å². The van der Waals surface area contributed by atoms with Gasteiger partial charge in [0.2, 0.25) is 5.91 Å². The van der Waals surface area contributed by atoms with Crippen molar-refractivity contribution in [3.8, 4) is 0 Å². The third-order valence-electron chi connectivity index (χ3n) is 3.33. The number of anilines is 1. The van der Waals surface area contributed by atoms with E-state index in [0.717, 1.165) is 12.8 Å². The van der Waals surface area contributed by atoms with Gasteiger partial charge in [0.1, 0.15) is 0 Å². The first-order chi connectivity index (χ1) is 6.77. The highest BCUT2D eigenvalue weighted by Crippen LogP contribution is 2.38. The largest absolute Gasteiger partial charge is 0.309 e. The lowest BCUT2D eigenvalue weighted by Gasteiger charge is -2.31. The first-order valence-electron chi connectivity index (χ1n) is 5.20. The minimum absolute atomic E-state index is 0.277. The first kappa shape index (κ1) is 8.04. The molecule has 1 aromatic rings. The second-order valence-electron chi connectivity index (χ2n) is 4.25. The molecule has 0 N–H and O–H groups in total. The number of rotatable bonds is 0. The summed E-state index contributed by atoms with van der Waals surface area (Å²) < 4.78 is 0. The van der Waals surface area contributed by atoms with E-state index in [2.05, 4.69) is 25.1 Å². The monoisotopic (exact) mass is 187 g/mol. The van der Waals surface area contributed by atoms with Crippen molar-refractivity contribution in [3.05, 3.63) is 29.3 Å².